The predicted octanol–water partition coefficient (Wildman–Crippen LogP) is 4.33. The van der Waals surface area contributed by atoms with E-state index in [1.165, 1.54) is 12.1 Å². The number of nitrogens with zero attached hydrogens (tertiary/aromatic N) is 2. The van der Waals surface area contributed by atoms with Gasteiger partial charge in [-0.25, -0.2) is 4.39 Å². The van der Waals surface area contributed by atoms with Crippen LogP contribution in [0.5, 0.6) is 0 Å². The van der Waals surface area contributed by atoms with E-state index >= 15 is 0 Å². The van der Waals surface area contributed by atoms with E-state index in [9.17, 15) is 18.8 Å². The summed E-state index contributed by atoms with van der Waals surface area (Å²) in [6.07, 6.45) is 0. The zero-order valence-electron chi connectivity index (χ0n) is 17.6. The zero-order chi connectivity index (χ0) is 23.4. The lowest BCUT2D eigenvalue weighted by Crippen LogP contribution is -2.50. The molecule has 8 heteroatoms. The fourth-order valence-electron chi connectivity index (χ4n) is 3.68. The molecule has 1 aliphatic rings. The molecule has 1 heterocycles. The maximum absolute atomic E-state index is 13.3. The number of para-hydroxylation sites is 1. The normalized spacial score (nSPS) is 13.5. The van der Waals surface area contributed by atoms with Gasteiger partial charge in [0.25, 0.3) is 17.7 Å². The van der Waals surface area contributed by atoms with Crippen LogP contribution < -0.4 is 5.32 Å². The maximum Gasteiger partial charge on any atom is 0.256 e. The lowest BCUT2D eigenvalue weighted by Gasteiger charge is -2.35. The van der Waals surface area contributed by atoms with Crippen molar-refractivity contribution in [3.63, 3.8) is 0 Å². The van der Waals surface area contributed by atoms with Crippen LogP contribution in [0.4, 0.5) is 10.1 Å². The van der Waals surface area contributed by atoms with Crippen molar-refractivity contribution in [3.8, 4) is 0 Å². The first kappa shape index (κ1) is 22.5. The van der Waals surface area contributed by atoms with E-state index in [0.717, 1.165) is 6.07 Å². The van der Waals surface area contributed by atoms with Crippen molar-refractivity contribution >= 4 is 35.0 Å². The van der Waals surface area contributed by atoms with E-state index in [4.69, 9.17) is 11.6 Å². The molecule has 168 valence electrons. The summed E-state index contributed by atoms with van der Waals surface area (Å²) in [5.74, 6) is -1.35. The fourth-order valence-corrected chi connectivity index (χ4v) is 3.93. The Bertz CT molecular complexity index is 1190. The molecule has 1 aliphatic heterocycles. The third kappa shape index (κ3) is 5.04. The molecule has 1 saturated heterocycles. The van der Waals surface area contributed by atoms with Crippen LogP contribution in [0, 0.1) is 5.82 Å². The van der Waals surface area contributed by atoms with Gasteiger partial charge in [-0.1, -0.05) is 41.9 Å². The van der Waals surface area contributed by atoms with Crippen molar-refractivity contribution in [2.75, 3.05) is 31.5 Å². The van der Waals surface area contributed by atoms with Crippen molar-refractivity contribution in [3.05, 3.63) is 100 Å². The molecule has 0 unspecified atom stereocenters. The van der Waals surface area contributed by atoms with Crippen LogP contribution in [0.3, 0.4) is 0 Å². The van der Waals surface area contributed by atoms with Crippen LogP contribution >= 0.6 is 11.6 Å². The van der Waals surface area contributed by atoms with Crippen LogP contribution in [-0.4, -0.2) is 53.7 Å². The molecule has 1 fully saturated rings. The highest BCUT2D eigenvalue weighted by molar-refractivity contribution is 6.33. The SMILES string of the molecule is O=C(Nc1ccccc1C(=O)N1CCN(C(=O)c2ccc(F)cc2Cl)CC1)c1ccccc1. The summed E-state index contributed by atoms with van der Waals surface area (Å²) in [6.45, 7) is 1.28. The molecule has 0 saturated carbocycles. The van der Waals surface area contributed by atoms with Gasteiger partial charge in [0, 0.05) is 31.7 Å². The molecule has 0 aromatic heterocycles. The highest BCUT2D eigenvalue weighted by Gasteiger charge is 2.27. The number of nitrogens with one attached hydrogen (secondary N) is 1. The molecule has 4 rings (SSSR count). The molecule has 1 N–H and O–H groups in total. The largest absolute Gasteiger partial charge is 0.335 e. The van der Waals surface area contributed by atoms with Crippen LogP contribution in [0.15, 0.2) is 72.8 Å². The summed E-state index contributed by atoms with van der Waals surface area (Å²) >= 11 is 6.02. The third-order valence-electron chi connectivity index (χ3n) is 5.46. The first-order chi connectivity index (χ1) is 15.9. The summed E-state index contributed by atoms with van der Waals surface area (Å²) in [7, 11) is 0. The summed E-state index contributed by atoms with van der Waals surface area (Å²) < 4.78 is 13.3. The van der Waals surface area contributed by atoms with Gasteiger partial charge in [0.2, 0.25) is 0 Å². The number of carbonyl (C=O) groups is 3. The second-order valence-electron chi connectivity index (χ2n) is 7.57. The summed E-state index contributed by atoms with van der Waals surface area (Å²) in [5, 5.41) is 2.87. The average Bonchev–Trinajstić information content (AvgIpc) is 2.84. The Kier molecular flexibility index (Phi) is 6.70. The predicted molar refractivity (Wildman–Crippen MR) is 124 cm³/mol. The number of hydrogen-bond donors (Lipinski definition) is 1. The van der Waals surface area contributed by atoms with E-state index in [-0.39, 0.29) is 28.3 Å². The van der Waals surface area contributed by atoms with Crippen LogP contribution in [-0.2, 0) is 0 Å². The second kappa shape index (κ2) is 9.83. The molecule has 3 aromatic carbocycles. The highest BCUT2D eigenvalue weighted by atomic mass is 35.5. The minimum absolute atomic E-state index is 0.0570. The molecule has 3 amide bonds. The first-order valence-electron chi connectivity index (χ1n) is 10.4. The zero-order valence-corrected chi connectivity index (χ0v) is 18.4. The summed E-state index contributed by atoms with van der Waals surface area (Å²) in [6, 6.07) is 19.3. The van der Waals surface area contributed by atoms with Crippen LogP contribution in [0.25, 0.3) is 0 Å². The molecule has 33 heavy (non-hydrogen) atoms. The molecular formula is C25H21ClFN3O3. The van der Waals surface area contributed by atoms with Crippen LogP contribution in [0.1, 0.15) is 31.1 Å². The van der Waals surface area contributed by atoms with Crippen molar-refractivity contribution in [1.29, 1.82) is 0 Å². The highest BCUT2D eigenvalue weighted by Crippen LogP contribution is 2.22. The van der Waals surface area contributed by atoms with Gasteiger partial charge in [-0.3, -0.25) is 14.4 Å². The topological polar surface area (TPSA) is 69.7 Å². The number of benzene rings is 3. The Balaban J connectivity index is 1.43. The van der Waals surface area contributed by atoms with Crippen LogP contribution in [0.2, 0.25) is 5.02 Å². The minimum Gasteiger partial charge on any atom is -0.335 e. The van der Waals surface area contributed by atoms with Crippen molar-refractivity contribution in [2.24, 2.45) is 0 Å². The molecule has 0 radical (unpaired) electrons. The van der Waals surface area contributed by atoms with Crippen molar-refractivity contribution in [2.45, 2.75) is 0 Å². The molecular weight excluding hydrogens is 445 g/mol. The van der Waals surface area contributed by atoms with Gasteiger partial charge in [0.1, 0.15) is 5.82 Å². The Morgan fingerprint density at radius 1 is 0.758 bits per heavy atom. The lowest BCUT2D eigenvalue weighted by atomic mass is 10.1. The van der Waals surface area contributed by atoms with E-state index < -0.39 is 5.82 Å². The molecule has 3 aromatic rings. The number of rotatable bonds is 4. The maximum atomic E-state index is 13.3. The Morgan fingerprint density at radius 3 is 1.97 bits per heavy atom. The van der Waals surface area contributed by atoms with Gasteiger partial charge in [-0.2, -0.15) is 0 Å². The van der Waals surface area contributed by atoms with Gasteiger partial charge in [-0.15, -0.1) is 0 Å². The van der Waals surface area contributed by atoms with Gasteiger partial charge in [0.15, 0.2) is 0 Å². The average molecular weight is 466 g/mol. The smallest absolute Gasteiger partial charge is 0.256 e. The van der Waals surface area contributed by atoms with E-state index in [2.05, 4.69) is 5.32 Å². The molecule has 0 spiro atoms. The van der Waals surface area contributed by atoms with E-state index in [1.807, 2.05) is 6.07 Å². The lowest BCUT2D eigenvalue weighted by molar-refractivity contribution is 0.0536. The number of piperazine rings is 1. The molecule has 6 nitrogen and oxygen atoms in total. The minimum atomic E-state index is -0.509. The van der Waals surface area contributed by atoms with Crippen molar-refractivity contribution in [1.82, 2.24) is 9.80 Å². The van der Waals surface area contributed by atoms with Gasteiger partial charge in [0.05, 0.1) is 21.8 Å². The van der Waals surface area contributed by atoms with E-state index in [0.29, 0.717) is 43.0 Å². The molecule has 0 atom stereocenters. The number of amides is 3. The second-order valence-corrected chi connectivity index (χ2v) is 7.98. The van der Waals surface area contributed by atoms with Gasteiger partial charge < -0.3 is 15.1 Å². The Labute approximate surface area is 195 Å². The quantitative estimate of drug-likeness (QED) is 0.623. The number of halogens is 2. The van der Waals surface area contributed by atoms with Gasteiger partial charge in [-0.05, 0) is 42.5 Å². The Hall–Kier alpha value is -3.71. The third-order valence-corrected chi connectivity index (χ3v) is 5.77. The Morgan fingerprint density at radius 2 is 1.33 bits per heavy atom. The molecule has 0 bridgehead atoms. The number of anilines is 1. The number of hydrogen-bond acceptors (Lipinski definition) is 3. The summed E-state index contributed by atoms with van der Waals surface area (Å²) in [5.41, 5.74) is 1.52. The summed E-state index contributed by atoms with van der Waals surface area (Å²) in [4.78, 5) is 41.7. The van der Waals surface area contributed by atoms with Crippen molar-refractivity contribution < 1.29 is 18.8 Å². The number of carbonyl (C=O) groups excluding carboxylic acids is 3. The standard InChI is InChI=1S/C25H21ClFN3O3/c26-21-16-18(27)10-11-19(21)24(32)29-12-14-30(15-13-29)25(33)20-8-4-5-9-22(20)28-23(31)17-6-2-1-3-7-17/h1-11,16H,12-15H2,(H,28,31). The van der Waals surface area contributed by atoms with E-state index in [1.54, 1.807) is 58.3 Å². The monoisotopic (exact) mass is 465 g/mol. The molecule has 0 aliphatic carbocycles. The first-order valence-corrected chi connectivity index (χ1v) is 10.8. The van der Waals surface area contributed by atoms with Gasteiger partial charge >= 0.3 is 0 Å². The fraction of sp³-hybridized carbons (Fsp3) is 0.160.